The molecule has 1 aromatic rings. The maximum Gasteiger partial charge on any atom is 0.261 e. The Balaban J connectivity index is 2.44. The Morgan fingerprint density at radius 3 is 2.93 bits per heavy atom. The van der Waals surface area contributed by atoms with Gasteiger partial charge >= 0.3 is 0 Å². The molecule has 1 aromatic heterocycles. The molecule has 0 aliphatic rings. The monoisotopic (exact) mass is 212 g/mol. The molecule has 0 saturated carbocycles. The zero-order valence-corrected chi connectivity index (χ0v) is 9.19. The lowest BCUT2D eigenvalue weighted by atomic mass is 10.3. The second-order valence-corrected chi connectivity index (χ2v) is 4.19. The Kier molecular flexibility index (Phi) is 4.62. The van der Waals surface area contributed by atoms with Gasteiger partial charge in [0.05, 0.1) is 4.88 Å². The number of amides is 1. The molecule has 1 heterocycles. The Morgan fingerprint density at radius 1 is 1.57 bits per heavy atom. The zero-order chi connectivity index (χ0) is 10.4. The highest BCUT2D eigenvalue weighted by Gasteiger charge is 2.06. The van der Waals surface area contributed by atoms with Gasteiger partial charge in [0.25, 0.3) is 5.91 Å². The van der Waals surface area contributed by atoms with Crippen LogP contribution in [-0.2, 0) is 6.42 Å². The van der Waals surface area contributed by atoms with Gasteiger partial charge in [0.2, 0.25) is 0 Å². The summed E-state index contributed by atoms with van der Waals surface area (Å²) in [5.74, 6) is 0.0168. The molecule has 3 N–H and O–H groups in total. The van der Waals surface area contributed by atoms with E-state index in [9.17, 15) is 4.79 Å². The van der Waals surface area contributed by atoms with E-state index in [2.05, 4.69) is 12.2 Å². The van der Waals surface area contributed by atoms with Crippen molar-refractivity contribution in [3.63, 3.8) is 0 Å². The number of nitrogens with two attached hydrogens (primary N) is 1. The highest BCUT2D eigenvalue weighted by atomic mass is 32.1. The first-order chi connectivity index (χ1) is 6.77. The normalized spacial score (nSPS) is 10.1. The standard InChI is InChI=1S/C10H16N2OS/c1-2-8-4-5-9(14-8)10(13)12-7-3-6-11/h4-5H,2-3,6-7,11H2,1H3,(H,12,13). The van der Waals surface area contributed by atoms with Crippen molar-refractivity contribution in [2.75, 3.05) is 13.1 Å². The molecule has 0 aliphatic heterocycles. The minimum absolute atomic E-state index is 0.0168. The molecule has 0 spiro atoms. The van der Waals surface area contributed by atoms with Gasteiger partial charge in [-0.1, -0.05) is 6.92 Å². The van der Waals surface area contributed by atoms with E-state index in [1.54, 1.807) is 11.3 Å². The van der Waals surface area contributed by atoms with Gasteiger partial charge in [0.15, 0.2) is 0 Å². The fourth-order valence-electron chi connectivity index (χ4n) is 1.08. The summed E-state index contributed by atoms with van der Waals surface area (Å²) in [4.78, 5) is 13.5. The van der Waals surface area contributed by atoms with Gasteiger partial charge in [0, 0.05) is 11.4 Å². The molecule has 14 heavy (non-hydrogen) atoms. The van der Waals surface area contributed by atoms with Crippen LogP contribution < -0.4 is 11.1 Å². The quantitative estimate of drug-likeness (QED) is 0.725. The van der Waals surface area contributed by atoms with E-state index in [0.29, 0.717) is 13.1 Å². The third-order valence-electron chi connectivity index (χ3n) is 1.90. The van der Waals surface area contributed by atoms with Crippen LogP contribution in [0, 0.1) is 0 Å². The highest BCUT2D eigenvalue weighted by molar-refractivity contribution is 7.14. The lowest BCUT2D eigenvalue weighted by molar-refractivity contribution is 0.0957. The van der Waals surface area contributed by atoms with E-state index in [1.807, 2.05) is 12.1 Å². The van der Waals surface area contributed by atoms with Crippen molar-refractivity contribution in [3.05, 3.63) is 21.9 Å². The first kappa shape index (κ1) is 11.2. The average Bonchev–Trinajstić information content (AvgIpc) is 2.66. The smallest absolute Gasteiger partial charge is 0.261 e. The molecule has 3 nitrogen and oxygen atoms in total. The first-order valence-electron chi connectivity index (χ1n) is 4.85. The summed E-state index contributed by atoms with van der Waals surface area (Å²) in [7, 11) is 0. The molecule has 1 rings (SSSR count). The van der Waals surface area contributed by atoms with E-state index < -0.39 is 0 Å². The van der Waals surface area contributed by atoms with Crippen LogP contribution in [0.5, 0.6) is 0 Å². The van der Waals surface area contributed by atoms with E-state index in [-0.39, 0.29) is 5.91 Å². The van der Waals surface area contributed by atoms with Gasteiger partial charge in [-0.3, -0.25) is 4.79 Å². The van der Waals surface area contributed by atoms with Crippen LogP contribution in [-0.4, -0.2) is 19.0 Å². The van der Waals surface area contributed by atoms with Crippen LogP contribution in [0.2, 0.25) is 0 Å². The first-order valence-corrected chi connectivity index (χ1v) is 5.66. The molecular weight excluding hydrogens is 196 g/mol. The number of hydrogen-bond acceptors (Lipinski definition) is 3. The van der Waals surface area contributed by atoms with E-state index >= 15 is 0 Å². The summed E-state index contributed by atoms with van der Waals surface area (Å²) in [5, 5.41) is 2.83. The second-order valence-electron chi connectivity index (χ2n) is 3.02. The summed E-state index contributed by atoms with van der Waals surface area (Å²) < 4.78 is 0. The Morgan fingerprint density at radius 2 is 2.36 bits per heavy atom. The van der Waals surface area contributed by atoms with Crippen molar-refractivity contribution in [2.45, 2.75) is 19.8 Å². The fourth-order valence-corrected chi connectivity index (χ4v) is 1.94. The second kappa shape index (κ2) is 5.78. The van der Waals surface area contributed by atoms with Gasteiger partial charge in [0.1, 0.15) is 0 Å². The van der Waals surface area contributed by atoms with Crippen molar-refractivity contribution in [2.24, 2.45) is 5.73 Å². The maximum atomic E-state index is 11.5. The van der Waals surface area contributed by atoms with Crippen molar-refractivity contribution in [3.8, 4) is 0 Å². The molecule has 1 amide bonds. The maximum absolute atomic E-state index is 11.5. The van der Waals surface area contributed by atoms with E-state index in [0.717, 1.165) is 17.7 Å². The molecule has 0 radical (unpaired) electrons. The molecule has 0 unspecified atom stereocenters. The molecule has 0 saturated heterocycles. The summed E-state index contributed by atoms with van der Waals surface area (Å²) in [5.41, 5.74) is 5.33. The van der Waals surface area contributed by atoms with Crippen molar-refractivity contribution in [1.82, 2.24) is 5.32 Å². The Hall–Kier alpha value is -0.870. The number of carbonyl (C=O) groups excluding carboxylic acids is 1. The number of carbonyl (C=O) groups is 1. The predicted molar refractivity (Wildman–Crippen MR) is 59.7 cm³/mol. The van der Waals surface area contributed by atoms with Gasteiger partial charge in [-0.15, -0.1) is 11.3 Å². The topological polar surface area (TPSA) is 55.1 Å². The molecular formula is C10H16N2OS. The Bertz CT molecular complexity index is 296. The molecule has 4 heteroatoms. The summed E-state index contributed by atoms with van der Waals surface area (Å²) in [6.45, 7) is 3.36. The van der Waals surface area contributed by atoms with Crippen LogP contribution in [0.1, 0.15) is 27.9 Å². The molecule has 0 aliphatic carbocycles. The van der Waals surface area contributed by atoms with Crippen molar-refractivity contribution >= 4 is 17.2 Å². The van der Waals surface area contributed by atoms with Crippen LogP contribution in [0.15, 0.2) is 12.1 Å². The summed E-state index contributed by atoms with van der Waals surface area (Å²) in [6.07, 6.45) is 1.82. The summed E-state index contributed by atoms with van der Waals surface area (Å²) >= 11 is 1.56. The minimum Gasteiger partial charge on any atom is -0.351 e. The SMILES string of the molecule is CCc1ccc(C(=O)NCCCN)s1. The number of thiophene rings is 1. The van der Waals surface area contributed by atoms with Gasteiger partial charge in [-0.2, -0.15) is 0 Å². The lowest BCUT2D eigenvalue weighted by Gasteiger charge is -2.00. The summed E-state index contributed by atoms with van der Waals surface area (Å²) in [6, 6.07) is 3.88. The minimum atomic E-state index is 0.0168. The van der Waals surface area contributed by atoms with Crippen molar-refractivity contribution < 1.29 is 4.79 Å². The molecule has 0 fully saturated rings. The third kappa shape index (κ3) is 3.12. The van der Waals surface area contributed by atoms with Gasteiger partial charge < -0.3 is 11.1 Å². The molecule has 0 aromatic carbocycles. The molecule has 0 bridgehead atoms. The van der Waals surface area contributed by atoms with E-state index in [1.165, 1.54) is 4.88 Å². The van der Waals surface area contributed by atoms with Gasteiger partial charge in [-0.25, -0.2) is 0 Å². The molecule has 78 valence electrons. The van der Waals surface area contributed by atoms with Crippen LogP contribution >= 0.6 is 11.3 Å². The Labute approximate surface area is 88.3 Å². The largest absolute Gasteiger partial charge is 0.351 e. The van der Waals surface area contributed by atoms with Gasteiger partial charge in [-0.05, 0) is 31.5 Å². The zero-order valence-electron chi connectivity index (χ0n) is 8.38. The number of aryl methyl sites for hydroxylation is 1. The fraction of sp³-hybridized carbons (Fsp3) is 0.500. The lowest BCUT2D eigenvalue weighted by Crippen LogP contribution is -2.25. The van der Waals surface area contributed by atoms with Crippen LogP contribution in [0.25, 0.3) is 0 Å². The van der Waals surface area contributed by atoms with Crippen molar-refractivity contribution in [1.29, 1.82) is 0 Å². The van der Waals surface area contributed by atoms with Crippen LogP contribution in [0.4, 0.5) is 0 Å². The predicted octanol–water partition coefficient (Wildman–Crippen LogP) is 1.39. The van der Waals surface area contributed by atoms with E-state index in [4.69, 9.17) is 5.73 Å². The number of hydrogen-bond donors (Lipinski definition) is 2. The average molecular weight is 212 g/mol. The number of rotatable bonds is 5. The third-order valence-corrected chi connectivity index (χ3v) is 3.13. The van der Waals surface area contributed by atoms with Crippen LogP contribution in [0.3, 0.4) is 0 Å². The number of nitrogens with one attached hydrogen (secondary N) is 1. The molecule has 0 atom stereocenters. The highest BCUT2D eigenvalue weighted by Crippen LogP contribution is 2.16.